The number of hydrogen-bond donors (Lipinski definition) is 1. The van der Waals surface area contributed by atoms with E-state index in [9.17, 15) is 14.4 Å². The maximum atomic E-state index is 13.0. The Hall–Kier alpha value is -2.37. The lowest BCUT2D eigenvalue weighted by atomic mass is 9.73. The summed E-state index contributed by atoms with van der Waals surface area (Å²) in [5.74, 6) is 0.361. The molecule has 2 heterocycles. The van der Waals surface area contributed by atoms with Crippen LogP contribution in [0.1, 0.15) is 51.0 Å². The van der Waals surface area contributed by atoms with Crippen molar-refractivity contribution < 1.29 is 14.4 Å². The van der Waals surface area contributed by atoms with E-state index in [2.05, 4.69) is 29.6 Å². The first-order chi connectivity index (χ1) is 14.0. The minimum atomic E-state index is -0.793. The Labute approximate surface area is 172 Å². The molecule has 29 heavy (non-hydrogen) atoms. The van der Waals surface area contributed by atoms with Gasteiger partial charge < -0.3 is 10.2 Å². The van der Waals surface area contributed by atoms with E-state index in [1.807, 2.05) is 17.9 Å². The Balaban J connectivity index is 1.32. The summed E-state index contributed by atoms with van der Waals surface area (Å²) in [5, 5.41) is 2.93. The minimum absolute atomic E-state index is 0.113. The topological polar surface area (TPSA) is 69.7 Å². The van der Waals surface area contributed by atoms with Crippen LogP contribution in [0.15, 0.2) is 30.3 Å². The van der Waals surface area contributed by atoms with Crippen LogP contribution in [0.5, 0.6) is 0 Å². The number of amides is 4. The lowest BCUT2D eigenvalue weighted by molar-refractivity contribution is -0.141. The average molecular weight is 398 g/mol. The number of imide groups is 1. The minimum Gasteiger partial charge on any atom is -0.341 e. The van der Waals surface area contributed by atoms with Gasteiger partial charge in [0.2, 0.25) is 5.91 Å². The van der Waals surface area contributed by atoms with Crippen molar-refractivity contribution >= 4 is 17.8 Å². The fourth-order valence-corrected chi connectivity index (χ4v) is 5.21. The first-order valence-electron chi connectivity index (χ1n) is 11.0. The number of carbonyl (C=O) groups excluding carboxylic acids is 3. The molecular weight excluding hydrogens is 366 g/mol. The summed E-state index contributed by atoms with van der Waals surface area (Å²) in [5.41, 5.74) is 0.543. The first-order valence-corrected chi connectivity index (χ1v) is 11.0. The summed E-state index contributed by atoms with van der Waals surface area (Å²) in [7, 11) is 0. The Bertz CT molecular complexity index is 773. The third kappa shape index (κ3) is 3.89. The molecule has 3 aliphatic rings. The highest BCUT2D eigenvalue weighted by atomic mass is 16.2. The summed E-state index contributed by atoms with van der Waals surface area (Å²) >= 11 is 0. The summed E-state index contributed by atoms with van der Waals surface area (Å²) in [6.45, 7) is 3.28. The molecule has 1 aliphatic carbocycles. The van der Waals surface area contributed by atoms with Gasteiger partial charge in [-0.1, -0.05) is 50.1 Å². The second-order valence-electron chi connectivity index (χ2n) is 8.95. The number of likely N-dealkylation sites (tertiary alicyclic amines) is 1. The van der Waals surface area contributed by atoms with Gasteiger partial charge >= 0.3 is 6.03 Å². The SMILES string of the molecule is C[C@H]1CCCC[C@]12NC(=O)N(CC(=O)N1CCC(Cc3ccccc3)CC1)C2=O. The smallest absolute Gasteiger partial charge is 0.325 e. The zero-order valence-electron chi connectivity index (χ0n) is 17.2. The fourth-order valence-electron chi connectivity index (χ4n) is 5.21. The molecule has 1 aromatic carbocycles. The van der Waals surface area contributed by atoms with Gasteiger partial charge in [0.25, 0.3) is 5.91 Å². The second kappa shape index (κ2) is 8.17. The van der Waals surface area contributed by atoms with Crippen LogP contribution in [0, 0.1) is 11.8 Å². The summed E-state index contributed by atoms with van der Waals surface area (Å²) in [4.78, 5) is 41.3. The van der Waals surface area contributed by atoms with Crippen molar-refractivity contribution in [2.45, 2.75) is 57.4 Å². The quantitative estimate of drug-likeness (QED) is 0.794. The molecule has 1 spiro atoms. The van der Waals surface area contributed by atoms with E-state index in [1.54, 1.807) is 0 Å². The summed E-state index contributed by atoms with van der Waals surface area (Å²) in [6, 6.07) is 10.0. The standard InChI is InChI=1S/C23H31N3O3/c1-17-7-5-6-12-23(17)21(28)26(22(29)24-23)16-20(27)25-13-10-19(11-14-25)15-18-8-3-2-4-9-18/h2-4,8-9,17,19H,5-7,10-16H2,1H3,(H,24,29)/t17-,23-/m0/s1. The zero-order chi connectivity index (χ0) is 20.4. The van der Waals surface area contributed by atoms with E-state index in [4.69, 9.17) is 0 Å². The zero-order valence-corrected chi connectivity index (χ0v) is 17.2. The van der Waals surface area contributed by atoms with Crippen molar-refractivity contribution in [2.75, 3.05) is 19.6 Å². The molecule has 0 bridgehead atoms. The van der Waals surface area contributed by atoms with Crippen molar-refractivity contribution in [3.8, 4) is 0 Å². The molecule has 0 unspecified atom stereocenters. The Kier molecular flexibility index (Phi) is 5.61. The van der Waals surface area contributed by atoms with Gasteiger partial charge in [0.1, 0.15) is 12.1 Å². The van der Waals surface area contributed by atoms with Crippen LogP contribution < -0.4 is 5.32 Å². The van der Waals surface area contributed by atoms with Crippen molar-refractivity contribution in [3.63, 3.8) is 0 Å². The van der Waals surface area contributed by atoms with Crippen LogP contribution in [-0.2, 0) is 16.0 Å². The lowest BCUT2D eigenvalue weighted by Gasteiger charge is -2.37. The Morgan fingerprint density at radius 2 is 1.83 bits per heavy atom. The molecule has 1 N–H and O–H groups in total. The Morgan fingerprint density at radius 3 is 2.52 bits per heavy atom. The van der Waals surface area contributed by atoms with Crippen molar-refractivity contribution in [1.29, 1.82) is 0 Å². The van der Waals surface area contributed by atoms with E-state index >= 15 is 0 Å². The average Bonchev–Trinajstić information content (AvgIpc) is 2.96. The molecule has 3 fully saturated rings. The van der Waals surface area contributed by atoms with Crippen LogP contribution in [0.2, 0.25) is 0 Å². The van der Waals surface area contributed by atoms with E-state index in [0.29, 0.717) is 25.4 Å². The van der Waals surface area contributed by atoms with Gasteiger partial charge in [-0.15, -0.1) is 0 Å². The highest BCUT2D eigenvalue weighted by molar-refractivity contribution is 6.09. The number of piperidine rings is 1. The van der Waals surface area contributed by atoms with Crippen LogP contribution in [0.4, 0.5) is 4.79 Å². The highest BCUT2D eigenvalue weighted by Gasteiger charge is 2.55. The number of carbonyl (C=O) groups is 3. The molecular formula is C23H31N3O3. The van der Waals surface area contributed by atoms with Gasteiger partial charge in [0.15, 0.2) is 0 Å². The second-order valence-corrected chi connectivity index (χ2v) is 8.95. The van der Waals surface area contributed by atoms with E-state index < -0.39 is 11.6 Å². The lowest BCUT2D eigenvalue weighted by Crippen LogP contribution is -2.54. The highest BCUT2D eigenvalue weighted by Crippen LogP contribution is 2.38. The van der Waals surface area contributed by atoms with Gasteiger partial charge in [-0.3, -0.25) is 14.5 Å². The summed E-state index contributed by atoms with van der Waals surface area (Å²) < 4.78 is 0. The largest absolute Gasteiger partial charge is 0.341 e. The predicted octanol–water partition coefficient (Wildman–Crippen LogP) is 2.97. The molecule has 2 atom stereocenters. The number of rotatable bonds is 4. The van der Waals surface area contributed by atoms with Gasteiger partial charge in [-0.05, 0) is 49.5 Å². The molecule has 156 valence electrons. The molecule has 4 rings (SSSR count). The van der Waals surface area contributed by atoms with Gasteiger partial charge in [0, 0.05) is 13.1 Å². The van der Waals surface area contributed by atoms with Crippen LogP contribution in [0.3, 0.4) is 0 Å². The van der Waals surface area contributed by atoms with E-state index in [1.165, 1.54) is 5.56 Å². The molecule has 2 aliphatic heterocycles. The number of nitrogens with zero attached hydrogens (tertiary/aromatic N) is 2. The van der Waals surface area contributed by atoms with Crippen LogP contribution in [0.25, 0.3) is 0 Å². The number of hydrogen-bond acceptors (Lipinski definition) is 3. The molecule has 1 saturated carbocycles. The van der Waals surface area contributed by atoms with Crippen molar-refractivity contribution in [1.82, 2.24) is 15.1 Å². The normalized spacial score (nSPS) is 28.1. The molecule has 1 aromatic rings. The molecule has 0 radical (unpaired) electrons. The van der Waals surface area contributed by atoms with Crippen molar-refractivity contribution in [3.05, 3.63) is 35.9 Å². The maximum absolute atomic E-state index is 13.0. The summed E-state index contributed by atoms with van der Waals surface area (Å²) in [6.07, 6.45) is 6.59. The van der Waals surface area contributed by atoms with E-state index in [-0.39, 0.29) is 24.3 Å². The van der Waals surface area contributed by atoms with Gasteiger partial charge in [0.05, 0.1) is 0 Å². The fraction of sp³-hybridized carbons (Fsp3) is 0.609. The number of nitrogens with one attached hydrogen (secondary N) is 1. The van der Waals surface area contributed by atoms with E-state index in [0.717, 1.165) is 43.4 Å². The maximum Gasteiger partial charge on any atom is 0.325 e. The third-order valence-corrected chi connectivity index (χ3v) is 7.13. The monoisotopic (exact) mass is 397 g/mol. The predicted molar refractivity (Wildman–Crippen MR) is 110 cm³/mol. The van der Waals surface area contributed by atoms with Crippen molar-refractivity contribution in [2.24, 2.45) is 11.8 Å². The molecule has 0 aromatic heterocycles. The number of benzene rings is 1. The Morgan fingerprint density at radius 1 is 1.10 bits per heavy atom. The molecule has 4 amide bonds. The third-order valence-electron chi connectivity index (χ3n) is 7.13. The van der Waals surface area contributed by atoms with Gasteiger partial charge in [-0.2, -0.15) is 0 Å². The van der Waals surface area contributed by atoms with Crippen LogP contribution >= 0.6 is 0 Å². The van der Waals surface area contributed by atoms with Gasteiger partial charge in [-0.25, -0.2) is 4.79 Å². The first kappa shape index (κ1) is 19.9. The molecule has 6 nitrogen and oxygen atoms in total. The number of urea groups is 1. The molecule has 2 saturated heterocycles. The van der Waals surface area contributed by atoms with Crippen LogP contribution in [-0.4, -0.2) is 52.8 Å². The molecule has 6 heteroatoms.